The Morgan fingerprint density at radius 2 is 0.951 bits per heavy atom. The first kappa shape index (κ1) is 71.7. The summed E-state index contributed by atoms with van der Waals surface area (Å²) in [7, 11) is 0. The summed E-state index contributed by atoms with van der Waals surface area (Å²) in [6, 6.07) is -1.81. The average molecular weight is 1160 g/mol. The lowest BCUT2D eigenvalue weighted by molar-refractivity contribution is -0.142. The summed E-state index contributed by atoms with van der Waals surface area (Å²) < 4.78 is 0. The number of nitrogens with two attached hydrogens (primary N) is 9. The summed E-state index contributed by atoms with van der Waals surface area (Å²) >= 11 is 0. The number of aliphatic carboxylic acids is 1. The van der Waals surface area contributed by atoms with Gasteiger partial charge < -0.3 is 99.2 Å². The number of hydrogen-bond donors (Lipinski definition) is 18. The number of carbonyl (C=O) groups is 10. The second kappa shape index (κ2) is 39.1. The number of carbonyl (C=O) groups excluding carboxylic acids is 9. The monoisotopic (exact) mass is 1160 g/mol. The average Bonchev–Trinajstić information content (AvgIpc) is 3.42. The van der Waals surface area contributed by atoms with Gasteiger partial charge in [0.05, 0.1) is 12.6 Å². The van der Waals surface area contributed by atoms with Crippen molar-refractivity contribution in [2.45, 2.75) is 160 Å². The molecule has 0 saturated heterocycles. The summed E-state index contributed by atoms with van der Waals surface area (Å²) in [6.07, 6.45) is 0.927. The molecule has 0 radical (unpaired) electrons. The van der Waals surface area contributed by atoms with Crippen LogP contribution in [0.5, 0.6) is 0 Å². The number of hydrogen-bond acceptors (Lipinski definition) is 15. The van der Waals surface area contributed by atoms with Crippen molar-refractivity contribution >= 4 is 77.0 Å². The van der Waals surface area contributed by atoms with E-state index in [-0.39, 0.29) is 108 Å². The van der Waals surface area contributed by atoms with E-state index in [1.54, 1.807) is 44.2 Å². The molecule has 27 N–H and O–H groups in total. The van der Waals surface area contributed by atoms with Crippen molar-refractivity contribution in [2.24, 2.45) is 78.4 Å². The van der Waals surface area contributed by atoms with Crippen molar-refractivity contribution in [3.05, 3.63) is 35.9 Å². The van der Waals surface area contributed by atoms with Crippen molar-refractivity contribution in [2.75, 3.05) is 32.7 Å². The van der Waals surface area contributed by atoms with Gasteiger partial charge in [0.25, 0.3) is 0 Å². The van der Waals surface area contributed by atoms with Gasteiger partial charge in [-0.25, -0.2) is 4.79 Å². The molecule has 0 heterocycles. The van der Waals surface area contributed by atoms with Crippen LogP contribution in [0, 0.1) is 11.8 Å². The van der Waals surface area contributed by atoms with Crippen molar-refractivity contribution in [3.8, 4) is 0 Å². The number of unbranched alkanes of at least 4 members (excludes halogenated alkanes) is 1. The maximum atomic E-state index is 14.3. The molecule has 1 rings (SSSR count). The first-order valence-electron chi connectivity index (χ1n) is 27.2. The van der Waals surface area contributed by atoms with E-state index in [0.717, 1.165) is 0 Å². The molecule has 0 aliphatic rings. The molecule has 460 valence electrons. The number of benzene rings is 1. The minimum Gasteiger partial charge on any atom is -0.480 e. The molecule has 9 amide bonds. The Morgan fingerprint density at radius 1 is 0.500 bits per heavy atom. The predicted octanol–water partition coefficient (Wildman–Crippen LogP) is -5.59. The molecule has 1 aromatic carbocycles. The van der Waals surface area contributed by atoms with Crippen LogP contribution in [0.1, 0.15) is 110 Å². The predicted molar refractivity (Wildman–Crippen MR) is 308 cm³/mol. The number of guanidine groups is 3. The molecule has 0 spiro atoms. The van der Waals surface area contributed by atoms with Crippen LogP contribution in [0.3, 0.4) is 0 Å². The maximum absolute atomic E-state index is 14.3. The third-order valence-electron chi connectivity index (χ3n) is 12.3. The van der Waals surface area contributed by atoms with Crippen LogP contribution in [0.4, 0.5) is 0 Å². The number of primary amides is 1. The highest BCUT2D eigenvalue weighted by Gasteiger charge is 2.35. The van der Waals surface area contributed by atoms with Gasteiger partial charge in [0.15, 0.2) is 17.9 Å². The van der Waals surface area contributed by atoms with Crippen LogP contribution in [0.15, 0.2) is 45.3 Å². The quantitative estimate of drug-likeness (QED) is 0.0165. The molecule has 8 atom stereocenters. The van der Waals surface area contributed by atoms with Gasteiger partial charge in [-0.15, -0.1) is 0 Å². The molecule has 0 aliphatic heterocycles. The Labute approximate surface area is 477 Å². The lowest BCUT2D eigenvalue weighted by atomic mass is 9.99. The highest BCUT2D eigenvalue weighted by atomic mass is 16.4. The summed E-state index contributed by atoms with van der Waals surface area (Å²) in [4.78, 5) is 146. The second-order valence-electron chi connectivity index (χ2n) is 20.3. The maximum Gasteiger partial charge on any atom is 0.326 e. The van der Waals surface area contributed by atoms with E-state index in [4.69, 9.17) is 51.6 Å². The Kier molecular flexibility index (Phi) is 34.2. The van der Waals surface area contributed by atoms with Crippen molar-refractivity contribution in [3.63, 3.8) is 0 Å². The van der Waals surface area contributed by atoms with E-state index in [1.165, 1.54) is 0 Å². The molecule has 0 saturated carbocycles. The highest BCUT2D eigenvalue weighted by Crippen LogP contribution is 2.12. The van der Waals surface area contributed by atoms with Crippen LogP contribution in [-0.4, -0.2) is 163 Å². The van der Waals surface area contributed by atoms with E-state index >= 15 is 0 Å². The van der Waals surface area contributed by atoms with Crippen LogP contribution >= 0.6 is 0 Å². The first-order valence-corrected chi connectivity index (χ1v) is 27.2. The number of amides is 9. The van der Waals surface area contributed by atoms with Gasteiger partial charge in [-0.3, -0.25) is 58.1 Å². The smallest absolute Gasteiger partial charge is 0.326 e. The summed E-state index contributed by atoms with van der Waals surface area (Å²) in [5, 5.41) is 30.4. The Hall–Kier alpha value is -8.35. The molecule has 0 fully saturated rings. The molecule has 0 aromatic heterocycles. The lowest BCUT2D eigenvalue weighted by Crippen LogP contribution is -2.60. The molecule has 1 aromatic rings. The van der Waals surface area contributed by atoms with E-state index in [9.17, 15) is 53.1 Å². The van der Waals surface area contributed by atoms with Crippen molar-refractivity contribution < 1.29 is 53.1 Å². The van der Waals surface area contributed by atoms with Gasteiger partial charge >= 0.3 is 5.97 Å². The number of carboxylic acids is 1. The Balaban J connectivity index is 3.41. The zero-order chi connectivity index (χ0) is 61.9. The lowest BCUT2D eigenvalue weighted by Gasteiger charge is -2.29. The third-order valence-corrected chi connectivity index (χ3v) is 12.3. The zero-order valence-corrected chi connectivity index (χ0v) is 47.5. The SMILES string of the molecule is CC(C)C[C@H](NC(=O)[C@@H](N)CCCN=C(N)N)C(=O)N[C@@H](Cc1ccccc1)C(=O)N[C@@H](CCC(N)=O)C(=O)N[C@H](C(=O)N[C@@H](CCCCN)C(=O)NCC(=O)N[C@@H](CCCN=C(N)N)C(=O)N[C@@H](CCCN=C(N)N)C(=O)O)C(C)C. The summed E-state index contributed by atoms with van der Waals surface area (Å²) in [6.45, 7) is 6.77. The topological polar surface area (TPSA) is 558 Å². The molecule has 31 nitrogen and oxygen atoms in total. The molecule has 0 bridgehead atoms. The van der Waals surface area contributed by atoms with Crippen molar-refractivity contribution in [1.29, 1.82) is 0 Å². The number of nitrogens with one attached hydrogen (secondary N) is 8. The molecular weight excluding hydrogens is 1070 g/mol. The normalized spacial score (nSPS) is 13.9. The fourth-order valence-corrected chi connectivity index (χ4v) is 7.94. The van der Waals surface area contributed by atoms with Crippen molar-refractivity contribution in [1.82, 2.24) is 42.5 Å². The second-order valence-corrected chi connectivity index (χ2v) is 20.3. The van der Waals surface area contributed by atoms with Gasteiger partial charge in [0.1, 0.15) is 42.3 Å². The molecule has 0 aliphatic carbocycles. The first-order chi connectivity index (χ1) is 38.6. The zero-order valence-electron chi connectivity index (χ0n) is 47.5. The highest BCUT2D eigenvalue weighted by molar-refractivity contribution is 5.98. The molecule has 82 heavy (non-hydrogen) atoms. The minimum atomic E-state index is -1.52. The minimum absolute atomic E-state index is 0.0196. The van der Waals surface area contributed by atoms with E-state index < -0.39 is 126 Å². The Morgan fingerprint density at radius 3 is 1.48 bits per heavy atom. The molecule has 31 heteroatoms. The van der Waals surface area contributed by atoms with Gasteiger partial charge in [0, 0.05) is 32.5 Å². The van der Waals surface area contributed by atoms with Crippen LogP contribution in [-0.2, 0) is 54.4 Å². The van der Waals surface area contributed by atoms with Crippen LogP contribution in [0.2, 0.25) is 0 Å². The van der Waals surface area contributed by atoms with Gasteiger partial charge in [-0.1, -0.05) is 58.0 Å². The molecule has 0 unspecified atom stereocenters. The van der Waals surface area contributed by atoms with Gasteiger partial charge in [0.2, 0.25) is 53.2 Å². The van der Waals surface area contributed by atoms with Gasteiger partial charge in [-0.2, -0.15) is 0 Å². The van der Waals surface area contributed by atoms with E-state index in [2.05, 4.69) is 57.5 Å². The molecular formula is C51H90N20O11. The fourth-order valence-electron chi connectivity index (χ4n) is 7.94. The number of carboxylic acid groups (broad SMARTS) is 1. The fraction of sp³-hybridized carbons (Fsp3) is 0.627. The Bertz CT molecular complexity index is 2330. The summed E-state index contributed by atoms with van der Waals surface area (Å²) in [5.41, 5.74) is 50.2. The third kappa shape index (κ3) is 30.9. The van der Waals surface area contributed by atoms with Gasteiger partial charge in [-0.05, 0) is 94.6 Å². The number of nitrogens with zero attached hydrogens (tertiary/aromatic N) is 3. The van der Waals surface area contributed by atoms with E-state index in [0.29, 0.717) is 24.8 Å². The standard InChI is InChI=1S/C51H90N20O11/c1-28(2)25-36(69-41(74)31(53)15-10-22-61-49(55)56)45(78)70-37(26-30-13-6-5-7-14-30)46(79)66-34(19-20-38(54)72)44(77)71-40(29(3)4)47(80)67-32(16-8-9-21-52)42(75)64-27-39(73)65-33(17-11-23-62-50(57)58)43(76)68-35(48(81)82)18-12-24-63-51(59)60/h5-7,13-14,28-29,31-37,40H,8-12,15-27,52-53H2,1-4H3,(H2,54,72)(H,64,75)(H,65,73)(H,66,79)(H,67,80)(H,68,76)(H,69,74)(H,70,78)(H,71,77)(H,81,82)(H4,55,56,61)(H4,57,58,62)(H4,59,60,63)/t31-,32-,33-,34-,35-,36-,37-,40-/m0/s1. The largest absolute Gasteiger partial charge is 0.480 e. The number of aliphatic imine (C=N–C) groups is 3. The summed E-state index contributed by atoms with van der Waals surface area (Å²) in [5.74, 6) is -10.0. The van der Waals surface area contributed by atoms with E-state index in [1.807, 2.05) is 13.8 Å². The number of rotatable bonds is 41. The van der Waals surface area contributed by atoms with Crippen LogP contribution < -0.4 is 94.1 Å². The van der Waals surface area contributed by atoms with Crippen LogP contribution in [0.25, 0.3) is 0 Å².